The summed E-state index contributed by atoms with van der Waals surface area (Å²) in [7, 11) is 0. The molecule has 0 unspecified atom stereocenters. The molecule has 0 saturated carbocycles. The lowest BCUT2D eigenvalue weighted by Gasteiger charge is -2.02. The maximum Gasteiger partial charge on any atom is 0.227 e. The zero-order valence-electron chi connectivity index (χ0n) is 13.8. The number of nitrogens with one attached hydrogen (secondary N) is 1. The molecular weight excluding hydrogens is 320 g/mol. The number of benzene rings is 1. The molecule has 0 saturated heterocycles. The van der Waals surface area contributed by atoms with Gasteiger partial charge in [-0.1, -0.05) is 11.2 Å². The van der Waals surface area contributed by atoms with Gasteiger partial charge in [-0.15, -0.1) is 0 Å². The molecule has 0 aliphatic rings. The monoisotopic (exact) mass is 338 g/mol. The second kappa shape index (κ2) is 8.05. The summed E-state index contributed by atoms with van der Waals surface area (Å²) in [5.74, 6) is 2.07. The maximum atomic E-state index is 11.9. The fourth-order valence-electron chi connectivity index (χ4n) is 2.20. The highest BCUT2D eigenvalue weighted by Crippen LogP contribution is 2.20. The molecule has 1 amide bonds. The minimum Gasteiger partial charge on any atom is -0.494 e. The standard InChI is InChI=1S/C18H18N4O3/c1-2-24-14-8-6-13(7-9-14)18-21-17(25-22-18)11-10-16(23)20-15-5-3-4-12-19-15/h3-9,12H,2,10-11H2,1H3,(H,19,20,23). The Morgan fingerprint density at radius 2 is 2.04 bits per heavy atom. The van der Waals surface area contributed by atoms with Crippen molar-refractivity contribution in [2.45, 2.75) is 19.8 Å². The third kappa shape index (κ3) is 4.63. The molecule has 0 bridgehead atoms. The van der Waals surface area contributed by atoms with Gasteiger partial charge in [0.15, 0.2) is 0 Å². The number of aromatic nitrogens is 3. The molecule has 0 aliphatic carbocycles. The van der Waals surface area contributed by atoms with Crippen molar-refractivity contribution >= 4 is 11.7 Å². The molecule has 0 spiro atoms. The topological polar surface area (TPSA) is 90.1 Å². The number of ether oxygens (including phenoxy) is 1. The minimum atomic E-state index is -0.153. The molecule has 0 radical (unpaired) electrons. The number of hydrogen-bond acceptors (Lipinski definition) is 6. The molecule has 3 aromatic rings. The van der Waals surface area contributed by atoms with E-state index >= 15 is 0 Å². The zero-order valence-corrected chi connectivity index (χ0v) is 13.8. The number of aryl methyl sites for hydroxylation is 1. The molecule has 3 rings (SSSR count). The van der Waals surface area contributed by atoms with Gasteiger partial charge in [-0.2, -0.15) is 4.98 Å². The Hall–Kier alpha value is -3.22. The van der Waals surface area contributed by atoms with Crippen molar-refractivity contribution in [2.24, 2.45) is 0 Å². The smallest absolute Gasteiger partial charge is 0.227 e. The lowest BCUT2D eigenvalue weighted by molar-refractivity contribution is -0.116. The second-order valence-electron chi connectivity index (χ2n) is 5.23. The third-order valence-corrected chi connectivity index (χ3v) is 3.39. The molecule has 7 heteroatoms. The van der Waals surface area contributed by atoms with Crippen LogP contribution in [0.2, 0.25) is 0 Å². The first-order valence-corrected chi connectivity index (χ1v) is 8.01. The summed E-state index contributed by atoms with van der Waals surface area (Å²) in [6.45, 7) is 2.55. The molecule has 1 aromatic carbocycles. The number of pyridine rings is 1. The van der Waals surface area contributed by atoms with Gasteiger partial charge in [0.2, 0.25) is 17.6 Å². The molecule has 7 nitrogen and oxygen atoms in total. The molecule has 0 aliphatic heterocycles. The average molecular weight is 338 g/mol. The lowest BCUT2D eigenvalue weighted by Crippen LogP contribution is -2.13. The van der Waals surface area contributed by atoms with E-state index in [1.807, 2.05) is 37.3 Å². The van der Waals surface area contributed by atoms with Gasteiger partial charge in [-0.3, -0.25) is 4.79 Å². The number of carbonyl (C=O) groups is 1. The van der Waals surface area contributed by atoms with Crippen LogP contribution < -0.4 is 10.1 Å². The van der Waals surface area contributed by atoms with E-state index in [4.69, 9.17) is 9.26 Å². The summed E-state index contributed by atoms with van der Waals surface area (Å²) in [6, 6.07) is 12.8. The maximum absolute atomic E-state index is 11.9. The van der Waals surface area contributed by atoms with E-state index in [9.17, 15) is 4.79 Å². The van der Waals surface area contributed by atoms with Gasteiger partial charge in [-0.25, -0.2) is 4.98 Å². The largest absolute Gasteiger partial charge is 0.494 e. The van der Waals surface area contributed by atoms with Crippen molar-refractivity contribution in [3.8, 4) is 17.1 Å². The Morgan fingerprint density at radius 3 is 2.76 bits per heavy atom. The van der Waals surface area contributed by atoms with Crippen LogP contribution in [0.15, 0.2) is 53.2 Å². The van der Waals surface area contributed by atoms with E-state index in [1.54, 1.807) is 18.3 Å². The first-order chi connectivity index (χ1) is 12.2. The normalized spacial score (nSPS) is 10.4. The predicted octanol–water partition coefficient (Wildman–Crippen LogP) is 3.10. The van der Waals surface area contributed by atoms with Crippen LogP contribution >= 0.6 is 0 Å². The van der Waals surface area contributed by atoms with Crippen molar-refractivity contribution in [3.05, 3.63) is 54.6 Å². The van der Waals surface area contributed by atoms with Crippen molar-refractivity contribution in [2.75, 3.05) is 11.9 Å². The van der Waals surface area contributed by atoms with E-state index in [2.05, 4.69) is 20.4 Å². The Bertz CT molecular complexity index is 816. The van der Waals surface area contributed by atoms with Crippen LogP contribution in [-0.4, -0.2) is 27.6 Å². The summed E-state index contributed by atoms with van der Waals surface area (Å²) < 4.78 is 10.6. The minimum absolute atomic E-state index is 0.153. The summed E-state index contributed by atoms with van der Waals surface area (Å²) in [6.07, 6.45) is 2.22. The molecule has 1 N–H and O–H groups in total. The Balaban J connectivity index is 1.55. The van der Waals surface area contributed by atoms with Crippen LogP contribution in [0.5, 0.6) is 5.75 Å². The molecule has 25 heavy (non-hydrogen) atoms. The number of nitrogens with zero attached hydrogens (tertiary/aromatic N) is 3. The van der Waals surface area contributed by atoms with Crippen LogP contribution in [0.3, 0.4) is 0 Å². The first kappa shape index (κ1) is 16.6. The predicted molar refractivity (Wildman–Crippen MR) is 92.1 cm³/mol. The summed E-state index contributed by atoms with van der Waals surface area (Å²) >= 11 is 0. The fourth-order valence-corrected chi connectivity index (χ4v) is 2.20. The van der Waals surface area contributed by atoms with E-state index in [1.165, 1.54) is 0 Å². The van der Waals surface area contributed by atoms with Crippen molar-refractivity contribution in [1.29, 1.82) is 0 Å². The van der Waals surface area contributed by atoms with Gasteiger partial charge in [-0.05, 0) is 43.3 Å². The van der Waals surface area contributed by atoms with Crippen molar-refractivity contribution < 1.29 is 14.1 Å². The molecule has 2 aromatic heterocycles. The third-order valence-electron chi connectivity index (χ3n) is 3.39. The van der Waals surface area contributed by atoms with Crippen LogP contribution in [0.4, 0.5) is 5.82 Å². The zero-order chi connectivity index (χ0) is 17.5. The van der Waals surface area contributed by atoms with Gasteiger partial charge in [0.05, 0.1) is 6.61 Å². The molecule has 0 fully saturated rings. The van der Waals surface area contributed by atoms with E-state index in [0.717, 1.165) is 11.3 Å². The highest BCUT2D eigenvalue weighted by atomic mass is 16.5. The Labute approximate surface area is 145 Å². The first-order valence-electron chi connectivity index (χ1n) is 8.01. The number of amides is 1. The average Bonchev–Trinajstić information content (AvgIpc) is 3.11. The molecule has 128 valence electrons. The fraction of sp³-hybridized carbons (Fsp3) is 0.222. The van der Waals surface area contributed by atoms with E-state index < -0.39 is 0 Å². The highest BCUT2D eigenvalue weighted by molar-refractivity contribution is 5.89. The number of anilines is 1. The highest BCUT2D eigenvalue weighted by Gasteiger charge is 2.11. The van der Waals surface area contributed by atoms with Crippen LogP contribution in [0, 0.1) is 0 Å². The SMILES string of the molecule is CCOc1ccc(-c2noc(CCC(=O)Nc3ccccn3)n2)cc1. The number of hydrogen-bond donors (Lipinski definition) is 1. The van der Waals surface area contributed by atoms with Gasteiger partial charge < -0.3 is 14.6 Å². The van der Waals surface area contributed by atoms with Crippen LogP contribution in [0.25, 0.3) is 11.4 Å². The van der Waals surface area contributed by atoms with Crippen LogP contribution in [0.1, 0.15) is 19.2 Å². The van der Waals surface area contributed by atoms with Gasteiger partial charge in [0.1, 0.15) is 11.6 Å². The number of carbonyl (C=O) groups excluding carboxylic acids is 1. The van der Waals surface area contributed by atoms with E-state index in [0.29, 0.717) is 30.6 Å². The lowest BCUT2D eigenvalue weighted by atomic mass is 10.2. The summed E-state index contributed by atoms with van der Waals surface area (Å²) in [5.41, 5.74) is 0.830. The quantitative estimate of drug-likeness (QED) is 0.712. The molecule has 2 heterocycles. The van der Waals surface area contributed by atoms with Crippen LogP contribution in [-0.2, 0) is 11.2 Å². The Kier molecular flexibility index (Phi) is 5.36. The van der Waals surface area contributed by atoms with E-state index in [-0.39, 0.29) is 12.3 Å². The van der Waals surface area contributed by atoms with Crippen molar-refractivity contribution in [1.82, 2.24) is 15.1 Å². The molecular formula is C18H18N4O3. The summed E-state index contributed by atoms with van der Waals surface area (Å²) in [5, 5.41) is 6.67. The Morgan fingerprint density at radius 1 is 1.20 bits per heavy atom. The van der Waals surface area contributed by atoms with Gasteiger partial charge >= 0.3 is 0 Å². The van der Waals surface area contributed by atoms with Gasteiger partial charge in [0.25, 0.3) is 0 Å². The molecule has 0 atom stereocenters. The van der Waals surface area contributed by atoms with Gasteiger partial charge in [0, 0.05) is 24.6 Å². The van der Waals surface area contributed by atoms with Crippen molar-refractivity contribution in [3.63, 3.8) is 0 Å². The number of rotatable bonds is 7. The second-order valence-corrected chi connectivity index (χ2v) is 5.23. The summed E-state index contributed by atoms with van der Waals surface area (Å²) in [4.78, 5) is 20.3.